The molecule has 2 aliphatic rings. The number of fused-ring (bicyclic) bond motifs is 1. The van der Waals surface area contributed by atoms with Crippen molar-refractivity contribution < 1.29 is 9.59 Å². The second-order valence-corrected chi connectivity index (χ2v) is 6.75. The molecule has 2 fully saturated rings. The summed E-state index contributed by atoms with van der Waals surface area (Å²) in [5.74, 6) is 0.00183. The monoisotopic (exact) mass is 342 g/mol. The van der Waals surface area contributed by atoms with Crippen LogP contribution in [-0.2, 0) is 7.05 Å². The number of carbonyl (C=O) groups is 2. The van der Waals surface area contributed by atoms with E-state index in [2.05, 4.69) is 15.4 Å². The number of rotatable bonds is 2. The van der Waals surface area contributed by atoms with Crippen LogP contribution in [0.25, 0.3) is 11.0 Å². The van der Waals surface area contributed by atoms with E-state index in [1.165, 1.54) is 0 Å². The Morgan fingerprint density at radius 2 is 2.04 bits per heavy atom. The summed E-state index contributed by atoms with van der Waals surface area (Å²) in [6.07, 6.45) is 3.27. The summed E-state index contributed by atoms with van der Waals surface area (Å²) in [5.41, 5.74) is 2.26. The molecule has 1 N–H and O–H groups in total. The first-order valence-corrected chi connectivity index (χ1v) is 8.67. The van der Waals surface area contributed by atoms with Crippen LogP contribution in [0.4, 0.5) is 4.79 Å². The second kappa shape index (κ2) is 6.02. The predicted octanol–water partition coefficient (Wildman–Crippen LogP) is 0.907. The Balaban J connectivity index is 1.47. The van der Waals surface area contributed by atoms with Crippen LogP contribution in [0.1, 0.15) is 28.9 Å². The summed E-state index contributed by atoms with van der Waals surface area (Å²) in [6.45, 7) is 4.73. The Labute approximate surface area is 145 Å². The highest BCUT2D eigenvalue weighted by atomic mass is 16.2. The van der Waals surface area contributed by atoms with Gasteiger partial charge in [0.2, 0.25) is 0 Å². The van der Waals surface area contributed by atoms with Gasteiger partial charge >= 0.3 is 6.03 Å². The summed E-state index contributed by atoms with van der Waals surface area (Å²) in [4.78, 5) is 32.8. The van der Waals surface area contributed by atoms with Crippen molar-refractivity contribution >= 4 is 23.0 Å². The molecule has 4 heterocycles. The van der Waals surface area contributed by atoms with Crippen LogP contribution < -0.4 is 5.32 Å². The van der Waals surface area contributed by atoms with Crippen LogP contribution >= 0.6 is 0 Å². The van der Waals surface area contributed by atoms with Gasteiger partial charge < -0.3 is 15.1 Å². The molecule has 3 amide bonds. The summed E-state index contributed by atoms with van der Waals surface area (Å²) < 4.78 is 1.73. The van der Waals surface area contributed by atoms with Crippen molar-refractivity contribution in [3.8, 4) is 0 Å². The Bertz CT molecular complexity index is 837. The fourth-order valence-corrected chi connectivity index (χ4v) is 3.82. The Hall–Kier alpha value is -2.64. The van der Waals surface area contributed by atoms with Crippen LogP contribution in [-0.4, -0.2) is 68.7 Å². The minimum absolute atomic E-state index is 0.00183. The number of urea groups is 1. The number of aryl methyl sites for hydroxylation is 2. The van der Waals surface area contributed by atoms with E-state index in [1.54, 1.807) is 10.9 Å². The van der Waals surface area contributed by atoms with E-state index in [0.29, 0.717) is 25.2 Å². The molecule has 0 atom stereocenters. The van der Waals surface area contributed by atoms with Crippen LogP contribution in [0.2, 0.25) is 0 Å². The zero-order chi connectivity index (χ0) is 17.6. The zero-order valence-electron chi connectivity index (χ0n) is 14.5. The highest BCUT2D eigenvalue weighted by Crippen LogP contribution is 2.22. The average Bonchev–Trinajstić information content (AvgIpc) is 3.17. The maximum atomic E-state index is 12.8. The zero-order valence-corrected chi connectivity index (χ0v) is 14.5. The number of nitrogens with one attached hydrogen (secondary N) is 1. The quantitative estimate of drug-likeness (QED) is 0.879. The van der Waals surface area contributed by atoms with Crippen LogP contribution in [0, 0.1) is 6.92 Å². The lowest BCUT2D eigenvalue weighted by molar-refractivity contribution is 0.0666. The molecule has 8 nitrogen and oxygen atoms in total. The lowest BCUT2D eigenvalue weighted by atomic mass is 10.0. The lowest BCUT2D eigenvalue weighted by Crippen LogP contribution is -2.47. The standard InChI is InChI=1S/C17H22N6O2/c1-11-14-9-12(10-19-15(14)21(2)20-11)16(24)22-6-3-13(4-7-22)23-8-5-18-17(23)25/h9-10,13H,3-8H2,1-2H3,(H,18,25). The molecule has 2 aromatic heterocycles. The Morgan fingerprint density at radius 1 is 1.28 bits per heavy atom. The minimum Gasteiger partial charge on any atom is -0.338 e. The third-order valence-corrected chi connectivity index (χ3v) is 5.19. The first kappa shape index (κ1) is 15.9. The first-order valence-electron chi connectivity index (χ1n) is 8.67. The Morgan fingerprint density at radius 3 is 2.72 bits per heavy atom. The van der Waals surface area contributed by atoms with E-state index >= 15 is 0 Å². The van der Waals surface area contributed by atoms with Gasteiger partial charge in [-0.1, -0.05) is 0 Å². The summed E-state index contributed by atoms with van der Waals surface area (Å²) in [5, 5.41) is 8.11. The van der Waals surface area contributed by atoms with E-state index in [4.69, 9.17) is 0 Å². The number of aromatic nitrogens is 3. The molecule has 0 spiro atoms. The molecular formula is C17H22N6O2. The van der Waals surface area contributed by atoms with Gasteiger partial charge in [0, 0.05) is 50.9 Å². The van der Waals surface area contributed by atoms with Crippen molar-refractivity contribution in [3.05, 3.63) is 23.5 Å². The SMILES string of the molecule is Cc1nn(C)c2ncc(C(=O)N3CCC(N4CCNC4=O)CC3)cc12. The van der Waals surface area contributed by atoms with Crippen molar-refractivity contribution in [2.45, 2.75) is 25.8 Å². The predicted molar refractivity (Wildman–Crippen MR) is 92.3 cm³/mol. The topological polar surface area (TPSA) is 83.4 Å². The maximum absolute atomic E-state index is 12.8. The van der Waals surface area contributed by atoms with E-state index in [1.807, 2.05) is 29.8 Å². The molecule has 0 radical (unpaired) electrons. The fraction of sp³-hybridized carbons (Fsp3) is 0.529. The lowest BCUT2D eigenvalue weighted by Gasteiger charge is -2.36. The van der Waals surface area contributed by atoms with Gasteiger partial charge in [0.25, 0.3) is 5.91 Å². The molecule has 2 aliphatic heterocycles. The molecule has 25 heavy (non-hydrogen) atoms. The normalized spacial score (nSPS) is 18.9. The summed E-state index contributed by atoms with van der Waals surface area (Å²) in [7, 11) is 1.85. The summed E-state index contributed by atoms with van der Waals surface area (Å²) >= 11 is 0. The van der Waals surface area contributed by atoms with Gasteiger partial charge in [-0.2, -0.15) is 5.10 Å². The number of amides is 3. The van der Waals surface area contributed by atoms with Gasteiger partial charge in [0.15, 0.2) is 5.65 Å². The smallest absolute Gasteiger partial charge is 0.317 e. The molecule has 4 rings (SSSR count). The molecule has 0 aromatic carbocycles. The molecule has 2 aromatic rings. The Kier molecular flexibility index (Phi) is 3.82. The average molecular weight is 342 g/mol. The van der Waals surface area contributed by atoms with Crippen LogP contribution in [0.5, 0.6) is 0 Å². The number of hydrogen-bond acceptors (Lipinski definition) is 4. The molecule has 0 aliphatic carbocycles. The number of nitrogens with zero attached hydrogens (tertiary/aromatic N) is 5. The van der Waals surface area contributed by atoms with Gasteiger partial charge in [-0.15, -0.1) is 0 Å². The van der Waals surface area contributed by atoms with Crippen molar-refractivity contribution in [1.82, 2.24) is 29.9 Å². The molecule has 132 valence electrons. The molecule has 0 saturated carbocycles. The second-order valence-electron chi connectivity index (χ2n) is 6.75. The highest BCUT2D eigenvalue weighted by molar-refractivity contribution is 5.97. The van der Waals surface area contributed by atoms with E-state index in [0.717, 1.165) is 36.1 Å². The van der Waals surface area contributed by atoms with Crippen LogP contribution in [0.3, 0.4) is 0 Å². The van der Waals surface area contributed by atoms with Crippen LogP contribution in [0.15, 0.2) is 12.3 Å². The fourth-order valence-electron chi connectivity index (χ4n) is 3.82. The third kappa shape index (κ3) is 2.71. The third-order valence-electron chi connectivity index (χ3n) is 5.19. The van der Waals surface area contributed by atoms with E-state index < -0.39 is 0 Å². The molecular weight excluding hydrogens is 320 g/mol. The number of carbonyl (C=O) groups excluding carboxylic acids is 2. The molecule has 0 bridgehead atoms. The number of hydrogen-bond donors (Lipinski definition) is 1. The molecule has 0 unspecified atom stereocenters. The maximum Gasteiger partial charge on any atom is 0.317 e. The van der Waals surface area contributed by atoms with Gasteiger partial charge in [-0.3, -0.25) is 9.48 Å². The number of likely N-dealkylation sites (tertiary alicyclic amines) is 1. The largest absolute Gasteiger partial charge is 0.338 e. The number of pyridine rings is 1. The highest BCUT2D eigenvalue weighted by Gasteiger charge is 2.32. The van der Waals surface area contributed by atoms with Gasteiger partial charge in [-0.25, -0.2) is 9.78 Å². The molecule has 2 saturated heterocycles. The van der Waals surface area contributed by atoms with Crippen molar-refractivity contribution in [2.24, 2.45) is 7.05 Å². The van der Waals surface area contributed by atoms with E-state index in [-0.39, 0.29) is 18.0 Å². The summed E-state index contributed by atoms with van der Waals surface area (Å²) in [6, 6.07) is 2.13. The van der Waals surface area contributed by atoms with Gasteiger partial charge in [-0.05, 0) is 25.8 Å². The van der Waals surface area contributed by atoms with E-state index in [9.17, 15) is 9.59 Å². The van der Waals surface area contributed by atoms with Crippen molar-refractivity contribution in [1.29, 1.82) is 0 Å². The first-order chi connectivity index (χ1) is 12.0. The van der Waals surface area contributed by atoms with Gasteiger partial charge in [0.1, 0.15) is 0 Å². The minimum atomic E-state index is 0.00183. The van der Waals surface area contributed by atoms with Gasteiger partial charge in [0.05, 0.1) is 11.3 Å². The number of piperidine rings is 1. The van der Waals surface area contributed by atoms with Crippen molar-refractivity contribution in [3.63, 3.8) is 0 Å². The van der Waals surface area contributed by atoms with Crippen molar-refractivity contribution in [2.75, 3.05) is 26.2 Å². The molecule has 8 heteroatoms.